The molecule has 4 aromatic rings. The van der Waals surface area contributed by atoms with Crippen LogP contribution in [0.5, 0.6) is 5.75 Å². The number of nitrogens with zero attached hydrogens (tertiary/aromatic N) is 3. The molecule has 160 valence electrons. The standard InChI is InChI=1S/C24H21N5O2S/c1-17-7-11-19(12-8-17)23-27-28-24(29(23)20-5-3-2-4-6-20)32-16-22(31)26-25-15-18-9-13-21(30)14-10-18/h2-15H,16H2,1H3,(H2,25,26,30,31). The van der Waals surface area contributed by atoms with Gasteiger partial charge in [0.05, 0.1) is 22.6 Å². The second kappa shape index (κ2) is 9.93. The van der Waals surface area contributed by atoms with Gasteiger partial charge in [0.1, 0.15) is 5.69 Å². The number of benzene rings is 3. The number of thioether (sulfide) groups is 1. The highest BCUT2D eigenvalue weighted by Gasteiger charge is 2.24. The van der Waals surface area contributed by atoms with Crippen LogP contribution in [0.3, 0.4) is 0 Å². The summed E-state index contributed by atoms with van der Waals surface area (Å²) in [6, 6.07) is 24.2. The maximum absolute atomic E-state index is 12.3. The lowest BCUT2D eigenvalue weighted by atomic mass is 10.1. The molecule has 0 aliphatic carbocycles. The summed E-state index contributed by atoms with van der Waals surface area (Å²) in [5.41, 5.74) is 6.35. The van der Waals surface area contributed by atoms with E-state index < -0.39 is 0 Å². The second-order valence-corrected chi connectivity index (χ2v) is 7.99. The average Bonchev–Trinajstić information content (AvgIpc) is 3.24. The van der Waals surface area contributed by atoms with Gasteiger partial charge in [-0.05, 0) is 48.5 Å². The zero-order valence-electron chi connectivity index (χ0n) is 17.4. The molecule has 0 aliphatic heterocycles. The first-order valence-corrected chi connectivity index (χ1v) is 10.9. The number of nitrogens with one attached hydrogen (secondary N) is 2. The van der Waals surface area contributed by atoms with Crippen molar-refractivity contribution in [2.75, 3.05) is 5.75 Å². The Morgan fingerprint density at radius 2 is 1.81 bits per heavy atom. The molecule has 0 saturated heterocycles. The molecule has 1 heterocycles. The minimum absolute atomic E-state index is 0.0710. The van der Waals surface area contributed by atoms with Crippen molar-refractivity contribution in [1.82, 2.24) is 15.6 Å². The first-order chi connectivity index (χ1) is 15.6. The van der Waals surface area contributed by atoms with E-state index >= 15 is 0 Å². The largest absolute Gasteiger partial charge is 0.872 e. The molecule has 0 fully saturated rings. The topological polar surface area (TPSA) is 97.1 Å². The number of hydrogen-bond acceptors (Lipinski definition) is 5. The molecule has 1 aromatic heterocycles. The summed E-state index contributed by atoms with van der Waals surface area (Å²) in [5, 5.41) is 23.3. The lowest BCUT2D eigenvalue weighted by Gasteiger charge is -2.04. The number of aromatic nitrogens is 3. The molecule has 32 heavy (non-hydrogen) atoms. The maximum Gasteiger partial charge on any atom is 0.342 e. The Kier molecular flexibility index (Phi) is 6.62. The maximum atomic E-state index is 12.3. The number of aryl methyl sites for hydroxylation is 1. The smallest absolute Gasteiger partial charge is 0.342 e. The summed E-state index contributed by atoms with van der Waals surface area (Å²) in [4.78, 5) is 12.3. The summed E-state index contributed by atoms with van der Waals surface area (Å²) in [7, 11) is 0. The van der Waals surface area contributed by atoms with Gasteiger partial charge in [-0.2, -0.15) is 9.67 Å². The van der Waals surface area contributed by atoms with Crippen molar-refractivity contribution in [3.05, 3.63) is 90.0 Å². The van der Waals surface area contributed by atoms with Crippen molar-refractivity contribution < 1.29 is 14.5 Å². The van der Waals surface area contributed by atoms with Gasteiger partial charge < -0.3 is 5.11 Å². The lowest BCUT2D eigenvalue weighted by molar-refractivity contribution is -0.625. The van der Waals surface area contributed by atoms with E-state index in [1.165, 1.54) is 35.7 Å². The minimum atomic E-state index is -0.258. The van der Waals surface area contributed by atoms with Crippen LogP contribution in [0.1, 0.15) is 11.1 Å². The van der Waals surface area contributed by atoms with Gasteiger partial charge in [0.15, 0.2) is 0 Å². The molecule has 4 rings (SSSR count). The summed E-state index contributed by atoms with van der Waals surface area (Å²) in [6.07, 6.45) is 1.50. The third kappa shape index (κ3) is 5.22. The van der Waals surface area contributed by atoms with Crippen LogP contribution >= 0.6 is 11.8 Å². The van der Waals surface area contributed by atoms with Crippen LogP contribution in [-0.2, 0) is 4.79 Å². The van der Waals surface area contributed by atoms with Crippen molar-refractivity contribution in [2.45, 2.75) is 12.1 Å². The Morgan fingerprint density at radius 1 is 1.09 bits per heavy atom. The first-order valence-electron chi connectivity index (χ1n) is 9.95. The third-order valence-corrected chi connectivity index (χ3v) is 5.57. The van der Waals surface area contributed by atoms with Crippen molar-refractivity contribution in [3.8, 4) is 22.8 Å². The van der Waals surface area contributed by atoms with E-state index in [0.29, 0.717) is 5.16 Å². The number of para-hydroxylation sites is 1. The van der Waals surface area contributed by atoms with E-state index in [-0.39, 0.29) is 17.4 Å². The molecular weight excluding hydrogens is 422 g/mol. The van der Waals surface area contributed by atoms with E-state index in [1.54, 1.807) is 12.1 Å². The van der Waals surface area contributed by atoms with Gasteiger partial charge in [-0.15, -0.1) is 10.8 Å². The number of hydrogen-bond donors (Lipinski definition) is 2. The number of amides is 1. The molecule has 0 atom stereocenters. The zero-order chi connectivity index (χ0) is 22.3. The molecule has 0 unspecified atom stereocenters. The van der Waals surface area contributed by atoms with E-state index in [9.17, 15) is 9.90 Å². The number of H-pyrrole nitrogens is 1. The molecule has 0 aliphatic rings. The number of carbonyl (C=O) groups excluding carboxylic acids is 1. The Balaban J connectivity index is 1.49. The van der Waals surface area contributed by atoms with Crippen molar-refractivity contribution in [2.24, 2.45) is 5.10 Å². The van der Waals surface area contributed by atoms with Crippen LogP contribution in [0, 0.1) is 6.92 Å². The third-order valence-electron chi connectivity index (χ3n) is 4.63. The van der Waals surface area contributed by atoms with Crippen LogP contribution < -0.4 is 15.1 Å². The summed E-state index contributed by atoms with van der Waals surface area (Å²) < 4.78 is 2.00. The van der Waals surface area contributed by atoms with Crippen LogP contribution in [0.2, 0.25) is 0 Å². The molecule has 0 radical (unpaired) electrons. The molecular formula is C24H21N5O2S. The highest BCUT2D eigenvalue weighted by Crippen LogP contribution is 2.20. The predicted octanol–water partition coefficient (Wildman–Crippen LogP) is 2.98. The van der Waals surface area contributed by atoms with Gasteiger partial charge >= 0.3 is 5.16 Å². The van der Waals surface area contributed by atoms with Crippen LogP contribution in [0.15, 0.2) is 89.1 Å². The molecule has 8 heteroatoms. The average molecular weight is 444 g/mol. The monoisotopic (exact) mass is 443 g/mol. The van der Waals surface area contributed by atoms with Crippen molar-refractivity contribution >= 4 is 23.9 Å². The fourth-order valence-electron chi connectivity index (χ4n) is 3.01. The SMILES string of the molecule is Cc1ccc(-c2[nH]nc(SCC(=O)N/N=C/c3ccc([O-])cc3)[n+]2-c2ccccc2)cc1. The number of carbonyl (C=O) groups is 1. The first kappa shape index (κ1) is 21.3. The van der Waals surface area contributed by atoms with E-state index in [2.05, 4.69) is 20.7 Å². The summed E-state index contributed by atoms with van der Waals surface area (Å²) in [6.45, 7) is 2.04. The van der Waals surface area contributed by atoms with Crippen LogP contribution in [0.4, 0.5) is 0 Å². The Bertz CT molecular complexity index is 1220. The molecule has 3 aromatic carbocycles. The van der Waals surface area contributed by atoms with Gasteiger partial charge in [-0.25, -0.2) is 5.43 Å². The predicted molar refractivity (Wildman–Crippen MR) is 123 cm³/mol. The van der Waals surface area contributed by atoms with Crippen LogP contribution in [-0.4, -0.2) is 28.1 Å². The fourth-order valence-corrected chi connectivity index (χ4v) is 3.77. The Labute approximate surface area is 189 Å². The zero-order valence-corrected chi connectivity index (χ0v) is 18.2. The van der Waals surface area contributed by atoms with E-state index in [0.717, 1.165) is 22.6 Å². The van der Waals surface area contributed by atoms with Crippen molar-refractivity contribution in [3.63, 3.8) is 0 Å². The van der Waals surface area contributed by atoms with Gasteiger partial charge in [-0.1, -0.05) is 60.2 Å². The number of aromatic amines is 1. The fraction of sp³-hybridized carbons (Fsp3) is 0.0833. The minimum Gasteiger partial charge on any atom is -0.872 e. The molecule has 1 amide bonds. The highest BCUT2D eigenvalue weighted by molar-refractivity contribution is 7.99. The van der Waals surface area contributed by atoms with Gasteiger partial charge in [0.2, 0.25) is 0 Å². The van der Waals surface area contributed by atoms with Crippen LogP contribution in [0.25, 0.3) is 17.1 Å². The highest BCUT2D eigenvalue weighted by atomic mass is 32.2. The van der Waals surface area contributed by atoms with E-state index in [1.807, 2.05) is 66.1 Å². The van der Waals surface area contributed by atoms with Gasteiger partial charge in [0.25, 0.3) is 11.7 Å². The number of rotatable bonds is 7. The molecule has 7 nitrogen and oxygen atoms in total. The normalized spacial score (nSPS) is 11.0. The lowest BCUT2D eigenvalue weighted by Crippen LogP contribution is -2.34. The quantitative estimate of drug-likeness (QED) is 0.199. The van der Waals surface area contributed by atoms with Gasteiger partial charge in [0, 0.05) is 0 Å². The molecule has 0 saturated carbocycles. The summed E-state index contributed by atoms with van der Waals surface area (Å²) >= 11 is 1.31. The van der Waals surface area contributed by atoms with E-state index in [4.69, 9.17) is 0 Å². The Hall–Kier alpha value is -3.91. The molecule has 0 bridgehead atoms. The number of hydrazone groups is 1. The molecule has 2 N–H and O–H groups in total. The Morgan fingerprint density at radius 3 is 2.53 bits per heavy atom. The van der Waals surface area contributed by atoms with Gasteiger partial charge in [-0.3, -0.25) is 4.79 Å². The van der Waals surface area contributed by atoms with Crippen molar-refractivity contribution in [1.29, 1.82) is 0 Å². The molecule has 0 spiro atoms. The summed E-state index contributed by atoms with van der Waals surface area (Å²) in [5.74, 6) is 0.644. The second-order valence-electron chi connectivity index (χ2n) is 7.04.